The van der Waals surface area contributed by atoms with Gasteiger partial charge in [0.25, 0.3) is 0 Å². The fourth-order valence-electron chi connectivity index (χ4n) is 3.01. The third-order valence-corrected chi connectivity index (χ3v) is 3.98. The minimum Gasteiger partial charge on any atom is -0.399 e. The lowest BCUT2D eigenvalue weighted by Gasteiger charge is -2.30. The van der Waals surface area contributed by atoms with Crippen LogP contribution >= 0.6 is 0 Å². The molecule has 4 heteroatoms. The Morgan fingerprint density at radius 3 is 2.68 bits per heavy atom. The van der Waals surface area contributed by atoms with Crippen LogP contribution in [0.2, 0.25) is 0 Å². The van der Waals surface area contributed by atoms with Gasteiger partial charge in [0, 0.05) is 50.0 Å². The molecule has 1 unspecified atom stereocenters. The van der Waals surface area contributed by atoms with Gasteiger partial charge in [-0.2, -0.15) is 0 Å². The van der Waals surface area contributed by atoms with Crippen molar-refractivity contribution in [1.82, 2.24) is 9.80 Å². The van der Waals surface area contributed by atoms with Crippen LogP contribution in [-0.2, 0) is 0 Å². The number of nitrogens with two attached hydrogens (primary N) is 1. The Morgan fingerprint density at radius 1 is 1.21 bits per heavy atom. The number of hydrogen-bond donors (Lipinski definition) is 1. The van der Waals surface area contributed by atoms with Crippen molar-refractivity contribution in [2.75, 3.05) is 37.4 Å². The van der Waals surface area contributed by atoms with Crippen molar-refractivity contribution in [1.29, 1.82) is 0 Å². The molecule has 0 spiro atoms. The molecule has 1 atom stereocenters. The van der Waals surface area contributed by atoms with Crippen LogP contribution in [0, 0.1) is 0 Å². The topological polar surface area (TPSA) is 35.7 Å². The first-order valence-corrected chi connectivity index (χ1v) is 6.97. The summed E-state index contributed by atoms with van der Waals surface area (Å²) in [5.41, 5.74) is 7.90. The minimum absolute atomic E-state index is 0.611. The van der Waals surface area contributed by atoms with Crippen LogP contribution in [0.5, 0.6) is 0 Å². The molecule has 0 aromatic heterocycles. The van der Waals surface area contributed by atoms with Crippen molar-refractivity contribution in [3.8, 4) is 0 Å². The quantitative estimate of drug-likeness (QED) is 0.840. The number of anilines is 2. The Hall–Kier alpha value is -1.84. The van der Waals surface area contributed by atoms with E-state index in [4.69, 9.17) is 5.73 Å². The molecule has 1 saturated heterocycles. The van der Waals surface area contributed by atoms with Crippen molar-refractivity contribution in [3.63, 3.8) is 0 Å². The smallest absolute Gasteiger partial charge is 0.0891 e. The summed E-state index contributed by atoms with van der Waals surface area (Å²) in [5, 5.41) is 0. The molecule has 4 nitrogen and oxygen atoms in total. The number of nitrogens with zero attached hydrogens (tertiary/aromatic N) is 3. The van der Waals surface area contributed by atoms with Crippen molar-refractivity contribution >= 4 is 11.4 Å². The molecule has 0 amide bonds. The van der Waals surface area contributed by atoms with Crippen LogP contribution in [0.25, 0.3) is 0 Å². The molecule has 2 N–H and O–H groups in total. The zero-order valence-electron chi connectivity index (χ0n) is 11.5. The zero-order valence-corrected chi connectivity index (χ0v) is 11.5. The molecule has 3 rings (SSSR count). The molecule has 2 aliphatic heterocycles. The van der Waals surface area contributed by atoms with E-state index < -0.39 is 0 Å². The minimum atomic E-state index is 0.611. The molecule has 1 fully saturated rings. The highest BCUT2D eigenvalue weighted by atomic mass is 15.3. The maximum absolute atomic E-state index is 5.77. The summed E-state index contributed by atoms with van der Waals surface area (Å²) in [6, 6.07) is 8.88. The third kappa shape index (κ3) is 2.62. The van der Waals surface area contributed by atoms with Crippen LogP contribution in [0.1, 0.15) is 12.8 Å². The number of hydrogen-bond acceptors (Lipinski definition) is 4. The van der Waals surface area contributed by atoms with Crippen LogP contribution in [0.15, 0.2) is 36.7 Å². The molecule has 19 heavy (non-hydrogen) atoms. The summed E-state index contributed by atoms with van der Waals surface area (Å²) in [6.07, 6.45) is 6.89. The Labute approximate surface area is 115 Å². The molecule has 102 valence electrons. The zero-order chi connectivity index (χ0) is 13.2. The average Bonchev–Trinajstić information content (AvgIpc) is 3.00. The predicted molar refractivity (Wildman–Crippen MR) is 79.7 cm³/mol. The van der Waals surface area contributed by atoms with Gasteiger partial charge in [-0.25, -0.2) is 0 Å². The largest absolute Gasteiger partial charge is 0.399 e. The summed E-state index contributed by atoms with van der Waals surface area (Å²) in [5.74, 6) is 0. The number of nitrogen functional groups attached to an aromatic ring is 1. The standard InChI is InChI=1S/C15H22N4/c1-17-9-10-18(12-17)11-15-3-2-8-19(15)14-6-4-13(16)5-7-14/h4-7,9-10,15H,2-3,8,11-12,16H2,1H3. The van der Waals surface area contributed by atoms with Crippen molar-refractivity contribution in [3.05, 3.63) is 36.7 Å². The highest BCUT2D eigenvalue weighted by Gasteiger charge is 2.26. The molecular formula is C15H22N4. The highest BCUT2D eigenvalue weighted by Crippen LogP contribution is 2.27. The van der Waals surface area contributed by atoms with Gasteiger partial charge in [0.05, 0.1) is 6.67 Å². The molecule has 1 aromatic carbocycles. The molecule has 1 aromatic rings. The van der Waals surface area contributed by atoms with Gasteiger partial charge >= 0.3 is 0 Å². The second-order valence-electron chi connectivity index (χ2n) is 5.55. The Morgan fingerprint density at radius 2 is 2.00 bits per heavy atom. The maximum atomic E-state index is 5.77. The summed E-state index contributed by atoms with van der Waals surface area (Å²) in [4.78, 5) is 7.12. The monoisotopic (exact) mass is 258 g/mol. The van der Waals surface area contributed by atoms with E-state index in [1.54, 1.807) is 0 Å². The van der Waals surface area contributed by atoms with E-state index in [1.807, 2.05) is 12.1 Å². The molecule has 0 saturated carbocycles. The molecular weight excluding hydrogens is 236 g/mol. The van der Waals surface area contributed by atoms with E-state index in [0.29, 0.717) is 6.04 Å². The number of rotatable bonds is 3. The van der Waals surface area contributed by atoms with E-state index in [9.17, 15) is 0 Å². The lowest BCUT2D eigenvalue weighted by Crippen LogP contribution is -2.39. The Balaban J connectivity index is 1.67. The van der Waals surface area contributed by atoms with Crippen LogP contribution < -0.4 is 10.6 Å². The van der Waals surface area contributed by atoms with E-state index in [2.05, 4.69) is 46.3 Å². The van der Waals surface area contributed by atoms with Gasteiger partial charge in [0.1, 0.15) is 0 Å². The first-order chi connectivity index (χ1) is 9.22. The van der Waals surface area contributed by atoms with Gasteiger partial charge in [0.2, 0.25) is 0 Å². The fourth-order valence-corrected chi connectivity index (χ4v) is 3.01. The average molecular weight is 258 g/mol. The second-order valence-corrected chi connectivity index (χ2v) is 5.55. The summed E-state index contributed by atoms with van der Waals surface area (Å²) >= 11 is 0. The lowest BCUT2D eigenvalue weighted by molar-refractivity contribution is 0.282. The van der Waals surface area contributed by atoms with Gasteiger partial charge in [-0.3, -0.25) is 0 Å². The van der Waals surface area contributed by atoms with Gasteiger partial charge in [-0.05, 0) is 37.1 Å². The molecule has 0 aliphatic carbocycles. The first-order valence-electron chi connectivity index (χ1n) is 6.97. The molecule has 2 aliphatic rings. The van der Waals surface area contributed by atoms with E-state index in [0.717, 1.165) is 25.4 Å². The van der Waals surface area contributed by atoms with Gasteiger partial charge in [0.15, 0.2) is 0 Å². The first kappa shape index (κ1) is 12.2. The summed E-state index contributed by atoms with van der Waals surface area (Å²) < 4.78 is 0. The van der Waals surface area contributed by atoms with Crippen LogP contribution in [0.3, 0.4) is 0 Å². The Kier molecular flexibility index (Phi) is 3.23. The molecule has 2 heterocycles. The summed E-state index contributed by atoms with van der Waals surface area (Å²) in [6.45, 7) is 3.26. The van der Waals surface area contributed by atoms with Gasteiger partial charge < -0.3 is 20.4 Å². The second kappa shape index (κ2) is 5.03. The van der Waals surface area contributed by atoms with Crippen molar-refractivity contribution in [2.24, 2.45) is 0 Å². The van der Waals surface area contributed by atoms with Crippen molar-refractivity contribution in [2.45, 2.75) is 18.9 Å². The van der Waals surface area contributed by atoms with Crippen LogP contribution in [0.4, 0.5) is 11.4 Å². The fraction of sp³-hybridized carbons (Fsp3) is 0.467. The molecule has 0 bridgehead atoms. The SMILES string of the molecule is CN1C=CN(CC2CCCN2c2ccc(N)cc2)C1. The van der Waals surface area contributed by atoms with E-state index >= 15 is 0 Å². The Bertz CT molecular complexity index is 454. The normalized spacial score (nSPS) is 22.6. The molecule has 0 radical (unpaired) electrons. The maximum Gasteiger partial charge on any atom is 0.0891 e. The van der Waals surface area contributed by atoms with Gasteiger partial charge in [-0.15, -0.1) is 0 Å². The van der Waals surface area contributed by atoms with Gasteiger partial charge in [-0.1, -0.05) is 0 Å². The number of benzene rings is 1. The highest BCUT2D eigenvalue weighted by molar-refractivity contribution is 5.54. The predicted octanol–water partition coefficient (Wildman–Crippen LogP) is 1.91. The van der Waals surface area contributed by atoms with Crippen molar-refractivity contribution < 1.29 is 0 Å². The van der Waals surface area contributed by atoms with E-state index in [-0.39, 0.29) is 0 Å². The third-order valence-electron chi connectivity index (χ3n) is 3.98. The summed E-state index contributed by atoms with van der Waals surface area (Å²) in [7, 11) is 2.11. The van der Waals surface area contributed by atoms with E-state index in [1.165, 1.54) is 18.5 Å². The lowest BCUT2D eigenvalue weighted by atomic mass is 10.2. The van der Waals surface area contributed by atoms with Crippen LogP contribution in [-0.4, -0.2) is 42.6 Å².